The Morgan fingerprint density at radius 3 is 2.81 bits per heavy atom. The summed E-state index contributed by atoms with van der Waals surface area (Å²) in [5, 5.41) is 0.497. The van der Waals surface area contributed by atoms with Crippen molar-refractivity contribution in [3.63, 3.8) is 0 Å². The number of nitrogens with zero attached hydrogens (tertiary/aromatic N) is 3. The van der Waals surface area contributed by atoms with Gasteiger partial charge in [0, 0.05) is 25.0 Å². The molecule has 1 saturated carbocycles. The molecule has 2 heterocycles. The highest BCUT2D eigenvalue weighted by atomic mass is 16.5. The van der Waals surface area contributed by atoms with Gasteiger partial charge in [0.1, 0.15) is 5.75 Å². The first-order valence-corrected chi connectivity index (χ1v) is 8.97. The minimum Gasteiger partial charge on any atom is -0.426 e. The minimum absolute atomic E-state index is 0.173. The van der Waals surface area contributed by atoms with Crippen molar-refractivity contribution in [2.75, 3.05) is 11.9 Å². The van der Waals surface area contributed by atoms with Crippen molar-refractivity contribution in [3.05, 3.63) is 52.6 Å². The summed E-state index contributed by atoms with van der Waals surface area (Å²) in [7, 11) is 2.16. The first-order valence-electron chi connectivity index (χ1n) is 8.97. The molecule has 0 radical (unpaired) electrons. The van der Waals surface area contributed by atoms with E-state index in [0.29, 0.717) is 22.7 Å². The van der Waals surface area contributed by atoms with Crippen LogP contribution in [0.25, 0.3) is 10.9 Å². The van der Waals surface area contributed by atoms with Crippen LogP contribution in [0.1, 0.15) is 31.2 Å². The second-order valence-corrected chi connectivity index (χ2v) is 6.86. The zero-order chi connectivity index (χ0) is 18.1. The van der Waals surface area contributed by atoms with Gasteiger partial charge in [-0.15, -0.1) is 0 Å². The number of hydrogen-bond donors (Lipinski definition) is 1. The van der Waals surface area contributed by atoms with E-state index in [1.165, 1.54) is 31.4 Å². The van der Waals surface area contributed by atoms with Crippen LogP contribution in [0.5, 0.6) is 11.8 Å². The lowest BCUT2D eigenvalue weighted by molar-refractivity contribution is 0.442. The zero-order valence-corrected chi connectivity index (χ0v) is 15.0. The minimum atomic E-state index is -0.235. The fourth-order valence-corrected chi connectivity index (χ4v) is 3.70. The van der Waals surface area contributed by atoms with Crippen molar-refractivity contribution >= 4 is 16.6 Å². The van der Waals surface area contributed by atoms with Crippen LogP contribution in [0, 0.1) is 6.92 Å². The Kier molecular flexibility index (Phi) is 4.32. The molecule has 1 aliphatic carbocycles. The van der Waals surface area contributed by atoms with Gasteiger partial charge in [-0.2, -0.15) is 4.98 Å². The third kappa shape index (κ3) is 3.14. The number of aromatic nitrogens is 3. The zero-order valence-electron chi connectivity index (χ0n) is 15.0. The Bertz CT molecular complexity index is 993. The van der Waals surface area contributed by atoms with Gasteiger partial charge in [0.15, 0.2) is 0 Å². The summed E-state index contributed by atoms with van der Waals surface area (Å²) in [6.45, 7) is 2.08. The van der Waals surface area contributed by atoms with Crippen LogP contribution in [0.2, 0.25) is 0 Å². The molecule has 134 valence electrons. The molecule has 2 aromatic heterocycles. The highest BCUT2D eigenvalue weighted by Gasteiger charge is 2.21. The normalized spacial score (nSPS) is 14.7. The van der Waals surface area contributed by atoms with Gasteiger partial charge in [0.2, 0.25) is 0 Å². The molecule has 6 nitrogen and oxygen atoms in total. The Hall–Kier alpha value is -2.89. The van der Waals surface area contributed by atoms with Gasteiger partial charge in [0.05, 0.1) is 17.1 Å². The predicted molar refractivity (Wildman–Crippen MR) is 102 cm³/mol. The van der Waals surface area contributed by atoms with E-state index in [2.05, 4.69) is 39.9 Å². The number of fused-ring (bicyclic) bond motifs is 1. The maximum Gasteiger partial charge on any atom is 0.302 e. The summed E-state index contributed by atoms with van der Waals surface area (Å²) in [6, 6.07) is 8.40. The van der Waals surface area contributed by atoms with Crippen LogP contribution in [-0.2, 0) is 0 Å². The standard InChI is InChI=1S/C20H22N4O2/c1-13-11-15(7-8-18(13)24(2)14-5-3-4-6-14)26-20-22-17-12-21-10-9-16(17)19(25)23-20/h7-12,14H,3-6H2,1-2H3,(H,22,23,25). The molecule has 0 unspecified atom stereocenters. The van der Waals surface area contributed by atoms with Gasteiger partial charge in [-0.3, -0.25) is 14.8 Å². The fourth-order valence-electron chi connectivity index (χ4n) is 3.70. The molecule has 3 aromatic rings. The number of H-pyrrole nitrogens is 1. The second-order valence-electron chi connectivity index (χ2n) is 6.86. The quantitative estimate of drug-likeness (QED) is 0.775. The Morgan fingerprint density at radius 2 is 2.04 bits per heavy atom. The van der Waals surface area contributed by atoms with E-state index in [4.69, 9.17) is 4.74 Å². The molecule has 0 aliphatic heterocycles. The van der Waals surface area contributed by atoms with Crippen molar-refractivity contribution in [2.45, 2.75) is 38.6 Å². The van der Waals surface area contributed by atoms with Crippen LogP contribution in [-0.4, -0.2) is 28.0 Å². The fraction of sp³-hybridized carbons (Fsp3) is 0.350. The molecule has 0 saturated heterocycles. The highest BCUT2D eigenvalue weighted by molar-refractivity contribution is 5.76. The summed E-state index contributed by atoms with van der Waals surface area (Å²) in [5.74, 6) is 0.650. The van der Waals surface area contributed by atoms with Crippen LogP contribution >= 0.6 is 0 Å². The number of benzene rings is 1. The van der Waals surface area contributed by atoms with Crippen molar-refractivity contribution < 1.29 is 4.74 Å². The lowest BCUT2D eigenvalue weighted by atomic mass is 10.1. The number of nitrogens with one attached hydrogen (secondary N) is 1. The van der Waals surface area contributed by atoms with Crippen LogP contribution in [0.3, 0.4) is 0 Å². The average Bonchev–Trinajstić information content (AvgIpc) is 3.16. The van der Waals surface area contributed by atoms with Gasteiger partial charge >= 0.3 is 6.01 Å². The molecule has 0 bridgehead atoms. The number of anilines is 1. The topological polar surface area (TPSA) is 71.1 Å². The SMILES string of the molecule is Cc1cc(Oc2nc3cnccc3c(=O)[nH]2)ccc1N(C)C1CCCC1. The number of rotatable bonds is 4. The largest absolute Gasteiger partial charge is 0.426 e. The first kappa shape index (κ1) is 16.6. The lowest BCUT2D eigenvalue weighted by Gasteiger charge is -2.28. The highest BCUT2D eigenvalue weighted by Crippen LogP contribution is 2.31. The molecule has 0 spiro atoms. The molecule has 4 rings (SSSR count). The molecular formula is C20H22N4O2. The molecule has 6 heteroatoms. The molecule has 0 atom stereocenters. The maximum absolute atomic E-state index is 12.1. The summed E-state index contributed by atoms with van der Waals surface area (Å²) in [6.07, 6.45) is 8.26. The van der Waals surface area contributed by atoms with Crippen molar-refractivity contribution in [1.29, 1.82) is 0 Å². The molecule has 1 fully saturated rings. The summed E-state index contributed by atoms with van der Waals surface area (Å²) in [5.41, 5.74) is 2.64. The van der Waals surface area contributed by atoms with Crippen molar-refractivity contribution in [1.82, 2.24) is 15.0 Å². The molecule has 1 aromatic carbocycles. The van der Waals surface area contributed by atoms with Gasteiger partial charge in [0.25, 0.3) is 5.56 Å². The third-order valence-electron chi connectivity index (χ3n) is 5.12. The van der Waals surface area contributed by atoms with Crippen LogP contribution < -0.4 is 15.2 Å². The van der Waals surface area contributed by atoms with Gasteiger partial charge in [-0.25, -0.2) is 0 Å². The van der Waals surface area contributed by atoms with Gasteiger partial charge in [-0.1, -0.05) is 12.8 Å². The van der Waals surface area contributed by atoms with Crippen molar-refractivity contribution in [2.24, 2.45) is 0 Å². The van der Waals surface area contributed by atoms with E-state index in [1.807, 2.05) is 12.1 Å². The van der Waals surface area contributed by atoms with E-state index < -0.39 is 0 Å². The Labute approximate surface area is 151 Å². The molecule has 26 heavy (non-hydrogen) atoms. The van der Waals surface area contributed by atoms with E-state index in [1.54, 1.807) is 18.5 Å². The first-order chi connectivity index (χ1) is 12.6. The van der Waals surface area contributed by atoms with Crippen LogP contribution in [0.15, 0.2) is 41.5 Å². The van der Waals surface area contributed by atoms with E-state index in [0.717, 1.165) is 5.56 Å². The lowest BCUT2D eigenvalue weighted by Crippen LogP contribution is -2.29. The summed E-state index contributed by atoms with van der Waals surface area (Å²) >= 11 is 0. The van der Waals surface area contributed by atoms with Crippen LogP contribution in [0.4, 0.5) is 5.69 Å². The maximum atomic E-state index is 12.1. The molecular weight excluding hydrogens is 328 g/mol. The van der Waals surface area contributed by atoms with E-state index in [-0.39, 0.29) is 11.6 Å². The average molecular weight is 350 g/mol. The number of aryl methyl sites for hydroxylation is 1. The predicted octanol–water partition coefficient (Wildman–Crippen LogP) is 3.80. The number of aromatic amines is 1. The second kappa shape index (κ2) is 6.78. The Balaban J connectivity index is 1.59. The smallest absolute Gasteiger partial charge is 0.302 e. The van der Waals surface area contributed by atoms with Gasteiger partial charge < -0.3 is 9.64 Å². The van der Waals surface area contributed by atoms with E-state index >= 15 is 0 Å². The Morgan fingerprint density at radius 1 is 1.23 bits per heavy atom. The van der Waals surface area contributed by atoms with E-state index in [9.17, 15) is 4.79 Å². The third-order valence-corrected chi connectivity index (χ3v) is 5.12. The number of hydrogen-bond acceptors (Lipinski definition) is 5. The molecule has 0 amide bonds. The molecule has 1 N–H and O–H groups in total. The molecule has 1 aliphatic rings. The summed E-state index contributed by atoms with van der Waals surface area (Å²) < 4.78 is 5.80. The number of ether oxygens (including phenoxy) is 1. The number of pyridine rings is 1. The monoisotopic (exact) mass is 350 g/mol. The summed E-state index contributed by atoms with van der Waals surface area (Å²) in [4.78, 5) is 25.5. The van der Waals surface area contributed by atoms with Crippen molar-refractivity contribution in [3.8, 4) is 11.8 Å². The van der Waals surface area contributed by atoms with Gasteiger partial charge in [-0.05, 0) is 49.6 Å².